The molecule has 154 valence electrons. The highest BCUT2D eigenvalue weighted by Gasteiger charge is 2.55. The summed E-state index contributed by atoms with van der Waals surface area (Å²) in [4.78, 5) is 0. The second kappa shape index (κ2) is 8.77. The fraction of sp³-hybridized carbons (Fsp3) is 0.409. The van der Waals surface area contributed by atoms with E-state index >= 15 is 0 Å². The van der Waals surface area contributed by atoms with Gasteiger partial charge in [-0.3, -0.25) is 0 Å². The van der Waals surface area contributed by atoms with Crippen molar-refractivity contribution in [3.63, 3.8) is 0 Å². The van der Waals surface area contributed by atoms with Crippen molar-refractivity contribution in [2.75, 3.05) is 11.9 Å². The van der Waals surface area contributed by atoms with Crippen LogP contribution in [-0.2, 0) is 25.6 Å². The minimum Gasteiger partial charge on any atom is -0.368 e. The number of para-hydroxylation sites is 1. The lowest BCUT2D eigenvalue weighted by Crippen LogP contribution is -2.43. The van der Waals surface area contributed by atoms with Crippen LogP contribution in [0.5, 0.6) is 0 Å². The van der Waals surface area contributed by atoms with Crippen molar-refractivity contribution in [2.45, 2.75) is 50.8 Å². The molecule has 2 fully saturated rings. The maximum absolute atomic E-state index is 6.23. The Morgan fingerprint density at radius 3 is 2.45 bits per heavy atom. The molecule has 7 heteroatoms. The monoisotopic (exact) mass is 414 g/mol. The summed E-state index contributed by atoms with van der Waals surface area (Å²) in [7, 11) is 0. The number of anilines is 1. The SMILES string of the molecule is CC1(C)O[C@@H]2OC(CNC(=S)Nc3ccccc3)[C@@H](OCc3ccccc3)[C@@H]2O1. The van der Waals surface area contributed by atoms with Gasteiger partial charge < -0.3 is 29.6 Å². The van der Waals surface area contributed by atoms with Crippen LogP contribution < -0.4 is 10.6 Å². The van der Waals surface area contributed by atoms with Crippen LogP contribution in [0.3, 0.4) is 0 Å². The molecular weight excluding hydrogens is 388 g/mol. The number of hydrogen-bond donors (Lipinski definition) is 2. The van der Waals surface area contributed by atoms with Crippen LogP contribution in [0.25, 0.3) is 0 Å². The molecule has 2 aliphatic heterocycles. The van der Waals surface area contributed by atoms with Crippen LogP contribution in [0.2, 0.25) is 0 Å². The van der Waals surface area contributed by atoms with E-state index in [2.05, 4.69) is 10.6 Å². The number of ether oxygens (including phenoxy) is 4. The average Bonchev–Trinajstić information content (AvgIpc) is 3.17. The van der Waals surface area contributed by atoms with Crippen LogP contribution in [0, 0.1) is 0 Å². The third-order valence-corrected chi connectivity index (χ3v) is 5.11. The molecule has 2 N–H and O–H groups in total. The summed E-state index contributed by atoms with van der Waals surface area (Å²) in [5.41, 5.74) is 2.03. The Balaban J connectivity index is 1.37. The predicted molar refractivity (Wildman–Crippen MR) is 114 cm³/mol. The molecule has 6 nitrogen and oxygen atoms in total. The Kier molecular flexibility index (Phi) is 6.12. The summed E-state index contributed by atoms with van der Waals surface area (Å²) in [5, 5.41) is 6.91. The van der Waals surface area contributed by atoms with Gasteiger partial charge in [0, 0.05) is 12.2 Å². The van der Waals surface area contributed by atoms with Gasteiger partial charge in [-0.2, -0.15) is 0 Å². The summed E-state index contributed by atoms with van der Waals surface area (Å²) in [5.74, 6) is -0.688. The molecule has 0 amide bonds. The Hall–Kier alpha value is -2.03. The van der Waals surface area contributed by atoms with Gasteiger partial charge in [-0.25, -0.2) is 0 Å². The summed E-state index contributed by atoms with van der Waals surface area (Å²) < 4.78 is 24.3. The Morgan fingerprint density at radius 2 is 1.72 bits per heavy atom. The van der Waals surface area contributed by atoms with Crippen LogP contribution in [-0.4, -0.2) is 42.0 Å². The molecule has 2 aliphatic rings. The van der Waals surface area contributed by atoms with E-state index in [1.165, 1.54) is 0 Å². The highest BCUT2D eigenvalue weighted by molar-refractivity contribution is 7.80. The summed E-state index contributed by atoms with van der Waals surface area (Å²) >= 11 is 5.41. The number of nitrogens with one attached hydrogen (secondary N) is 2. The van der Waals surface area contributed by atoms with Gasteiger partial charge in [0.25, 0.3) is 0 Å². The van der Waals surface area contributed by atoms with Gasteiger partial charge in [-0.1, -0.05) is 48.5 Å². The summed E-state index contributed by atoms with van der Waals surface area (Å²) in [6.45, 7) is 4.73. The van der Waals surface area contributed by atoms with Gasteiger partial charge in [-0.05, 0) is 43.8 Å². The van der Waals surface area contributed by atoms with Crippen LogP contribution >= 0.6 is 12.2 Å². The highest BCUT2D eigenvalue weighted by Crippen LogP contribution is 2.38. The van der Waals surface area contributed by atoms with Crippen molar-refractivity contribution in [3.05, 3.63) is 66.2 Å². The molecule has 2 heterocycles. The van der Waals surface area contributed by atoms with Crippen LogP contribution in [0.1, 0.15) is 19.4 Å². The molecule has 2 aromatic carbocycles. The third-order valence-electron chi connectivity index (χ3n) is 4.87. The number of rotatable bonds is 6. The summed E-state index contributed by atoms with van der Waals surface area (Å²) in [6.07, 6.45) is -1.25. The van der Waals surface area contributed by atoms with Crippen molar-refractivity contribution < 1.29 is 18.9 Å². The number of benzene rings is 2. The van der Waals surface area contributed by atoms with Crippen molar-refractivity contribution in [3.8, 4) is 0 Å². The third kappa shape index (κ3) is 5.12. The molecule has 1 unspecified atom stereocenters. The zero-order valence-corrected chi connectivity index (χ0v) is 17.4. The lowest BCUT2D eigenvalue weighted by molar-refractivity contribution is -0.218. The molecular formula is C22H26N2O4S. The van der Waals surface area contributed by atoms with Gasteiger partial charge >= 0.3 is 0 Å². The lowest BCUT2D eigenvalue weighted by Gasteiger charge is -2.26. The minimum absolute atomic E-state index is 0.250. The van der Waals surface area contributed by atoms with Gasteiger partial charge in [0.05, 0.1) is 6.61 Å². The van der Waals surface area contributed by atoms with E-state index < -0.39 is 12.1 Å². The molecule has 0 aliphatic carbocycles. The smallest absolute Gasteiger partial charge is 0.190 e. The van der Waals surface area contributed by atoms with Crippen LogP contribution in [0.4, 0.5) is 5.69 Å². The summed E-state index contributed by atoms with van der Waals surface area (Å²) in [6, 6.07) is 19.8. The van der Waals surface area contributed by atoms with Crippen molar-refractivity contribution in [2.24, 2.45) is 0 Å². The zero-order chi connectivity index (χ0) is 20.3. The standard InChI is InChI=1S/C22H26N2O4S/c1-22(2)27-19-18(25-14-15-9-5-3-6-10-15)17(26-20(19)28-22)13-23-21(29)24-16-11-7-4-8-12-16/h3-12,17-20H,13-14H2,1-2H3,(H2,23,24,29)/t17?,18-,19+,20+/m1/s1. The van der Waals surface area contributed by atoms with Crippen LogP contribution in [0.15, 0.2) is 60.7 Å². The molecule has 0 radical (unpaired) electrons. The fourth-order valence-electron chi connectivity index (χ4n) is 3.57. The second-order valence-electron chi connectivity index (χ2n) is 7.61. The van der Waals surface area contributed by atoms with Gasteiger partial charge in [-0.15, -0.1) is 0 Å². The molecule has 0 spiro atoms. The van der Waals surface area contributed by atoms with Crippen molar-refractivity contribution >= 4 is 23.0 Å². The average molecular weight is 415 g/mol. The molecule has 0 bridgehead atoms. The highest BCUT2D eigenvalue weighted by atomic mass is 32.1. The maximum atomic E-state index is 6.23. The topological polar surface area (TPSA) is 61.0 Å². The van der Waals surface area contributed by atoms with Crippen molar-refractivity contribution in [1.82, 2.24) is 5.32 Å². The second-order valence-corrected chi connectivity index (χ2v) is 8.01. The quantitative estimate of drug-likeness (QED) is 0.702. The number of thiocarbonyl (C=S) groups is 1. The molecule has 0 aromatic heterocycles. The molecule has 29 heavy (non-hydrogen) atoms. The van der Waals surface area contributed by atoms with E-state index in [-0.39, 0.29) is 18.3 Å². The first kappa shape index (κ1) is 20.3. The predicted octanol–water partition coefficient (Wildman–Crippen LogP) is 3.43. The molecule has 0 saturated carbocycles. The number of hydrogen-bond acceptors (Lipinski definition) is 5. The molecule has 4 atom stereocenters. The Bertz CT molecular complexity index is 818. The normalized spacial score (nSPS) is 27.4. The van der Waals surface area contributed by atoms with Gasteiger partial charge in [0.2, 0.25) is 0 Å². The van der Waals surface area contributed by atoms with E-state index in [1.54, 1.807) is 0 Å². The Morgan fingerprint density at radius 1 is 1.03 bits per heavy atom. The maximum Gasteiger partial charge on any atom is 0.190 e. The van der Waals surface area contributed by atoms with E-state index in [1.807, 2.05) is 74.5 Å². The van der Waals surface area contributed by atoms with E-state index in [0.29, 0.717) is 18.3 Å². The molecule has 2 saturated heterocycles. The zero-order valence-electron chi connectivity index (χ0n) is 16.5. The molecule has 4 rings (SSSR count). The van der Waals surface area contributed by atoms with E-state index in [9.17, 15) is 0 Å². The first-order valence-electron chi connectivity index (χ1n) is 9.77. The lowest BCUT2D eigenvalue weighted by atomic mass is 10.1. The fourth-order valence-corrected chi connectivity index (χ4v) is 3.77. The van der Waals surface area contributed by atoms with Crippen molar-refractivity contribution in [1.29, 1.82) is 0 Å². The first-order valence-corrected chi connectivity index (χ1v) is 10.2. The largest absolute Gasteiger partial charge is 0.368 e. The Labute approximate surface area is 176 Å². The molecule has 2 aromatic rings. The van der Waals surface area contributed by atoms with E-state index in [4.69, 9.17) is 31.2 Å². The minimum atomic E-state index is -0.688. The van der Waals surface area contributed by atoms with Gasteiger partial charge in [0.1, 0.15) is 18.3 Å². The van der Waals surface area contributed by atoms with Gasteiger partial charge in [0.15, 0.2) is 17.2 Å². The van der Waals surface area contributed by atoms with E-state index in [0.717, 1.165) is 11.3 Å². The number of fused-ring (bicyclic) bond motifs is 1. The first-order chi connectivity index (χ1) is 14.0.